The number of halogens is 3. The third-order valence-electron chi connectivity index (χ3n) is 2.49. The molecule has 0 saturated heterocycles. The molecule has 0 unspecified atom stereocenters. The molecule has 0 spiro atoms. The number of carbonyl (C=O) groups is 1. The van der Waals surface area contributed by atoms with Gasteiger partial charge >= 0.3 is 0 Å². The Labute approximate surface area is 126 Å². The molecule has 96 valence electrons. The van der Waals surface area contributed by atoms with Gasteiger partial charge in [-0.15, -0.1) is 0 Å². The first kappa shape index (κ1) is 12.9. The molecule has 0 aliphatic rings. The zero-order valence-electron chi connectivity index (χ0n) is 9.10. The number of rotatable bonds is 2. The maximum absolute atomic E-state index is 10.9. The molecule has 3 rings (SSSR count). The summed E-state index contributed by atoms with van der Waals surface area (Å²) in [6.07, 6.45) is 0.616. The Hall–Kier alpha value is -1.14. The Balaban J connectivity index is 2.24. The lowest BCUT2D eigenvalue weighted by Gasteiger charge is -2.00. The number of imidazole rings is 1. The van der Waals surface area contributed by atoms with Gasteiger partial charge in [-0.2, -0.15) is 9.61 Å². The van der Waals surface area contributed by atoms with Crippen LogP contribution in [0.25, 0.3) is 15.5 Å². The van der Waals surface area contributed by atoms with E-state index in [1.807, 2.05) is 0 Å². The van der Waals surface area contributed by atoms with Crippen LogP contribution in [-0.2, 0) is 0 Å². The number of hydrogen-bond acceptors (Lipinski definition) is 4. The summed E-state index contributed by atoms with van der Waals surface area (Å²) in [4.78, 5) is 15.5. The molecule has 2 aromatic heterocycles. The maximum atomic E-state index is 10.9. The van der Waals surface area contributed by atoms with Crippen LogP contribution in [0.3, 0.4) is 0 Å². The Morgan fingerprint density at radius 2 is 2.05 bits per heavy atom. The highest BCUT2D eigenvalue weighted by molar-refractivity contribution is 7.20. The molecular weight excluding hydrogens is 329 g/mol. The van der Waals surface area contributed by atoms with Crippen molar-refractivity contribution in [2.24, 2.45) is 0 Å². The van der Waals surface area contributed by atoms with E-state index in [4.69, 9.17) is 34.8 Å². The summed E-state index contributed by atoms with van der Waals surface area (Å²) < 4.78 is 1.40. The van der Waals surface area contributed by atoms with E-state index < -0.39 is 0 Å². The monoisotopic (exact) mass is 331 g/mol. The predicted molar refractivity (Wildman–Crippen MR) is 76.7 cm³/mol. The number of carbonyl (C=O) groups excluding carboxylic acids is 1. The number of aldehydes is 1. The van der Waals surface area contributed by atoms with Gasteiger partial charge in [0.1, 0.15) is 10.7 Å². The van der Waals surface area contributed by atoms with Crippen molar-refractivity contribution in [2.75, 3.05) is 0 Å². The lowest BCUT2D eigenvalue weighted by Crippen LogP contribution is -1.92. The highest BCUT2D eigenvalue weighted by Crippen LogP contribution is 2.36. The van der Waals surface area contributed by atoms with Crippen molar-refractivity contribution < 1.29 is 4.79 Å². The maximum Gasteiger partial charge on any atom is 0.214 e. The molecule has 1 aromatic carbocycles. The molecule has 0 atom stereocenters. The van der Waals surface area contributed by atoms with Gasteiger partial charge in [-0.3, -0.25) is 4.79 Å². The van der Waals surface area contributed by atoms with Gasteiger partial charge in [-0.1, -0.05) is 58.3 Å². The Bertz CT molecular complexity index is 796. The summed E-state index contributed by atoms with van der Waals surface area (Å²) in [5.74, 6) is 0. The Morgan fingerprint density at radius 3 is 2.79 bits per heavy atom. The highest BCUT2D eigenvalue weighted by atomic mass is 35.5. The zero-order valence-corrected chi connectivity index (χ0v) is 12.2. The van der Waals surface area contributed by atoms with Crippen LogP contribution in [0.4, 0.5) is 0 Å². The zero-order chi connectivity index (χ0) is 13.6. The molecule has 3 aromatic rings. The minimum Gasteiger partial charge on any atom is -0.296 e. The Kier molecular flexibility index (Phi) is 3.22. The Morgan fingerprint density at radius 1 is 1.26 bits per heavy atom. The van der Waals surface area contributed by atoms with Crippen LogP contribution in [0.2, 0.25) is 15.2 Å². The minimum absolute atomic E-state index is 0.137. The van der Waals surface area contributed by atoms with Crippen LogP contribution in [0.5, 0.6) is 0 Å². The molecule has 0 aliphatic carbocycles. The first-order chi connectivity index (χ1) is 9.11. The largest absolute Gasteiger partial charge is 0.296 e. The molecule has 4 nitrogen and oxygen atoms in total. The lowest BCUT2D eigenvalue weighted by atomic mass is 10.2. The first-order valence-electron chi connectivity index (χ1n) is 5.06. The molecule has 2 heterocycles. The molecule has 0 aliphatic heterocycles. The van der Waals surface area contributed by atoms with Gasteiger partial charge in [0.05, 0.1) is 10.0 Å². The summed E-state index contributed by atoms with van der Waals surface area (Å²) in [5, 5.41) is 5.91. The van der Waals surface area contributed by atoms with E-state index in [-0.39, 0.29) is 10.8 Å². The van der Waals surface area contributed by atoms with Gasteiger partial charge in [0.25, 0.3) is 0 Å². The van der Waals surface area contributed by atoms with E-state index in [0.29, 0.717) is 31.9 Å². The third-order valence-corrected chi connectivity index (χ3v) is 4.53. The van der Waals surface area contributed by atoms with Crippen molar-refractivity contribution in [3.05, 3.63) is 39.1 Å². The normalized spacial score (nSPS) is 11.1. The van der Waals surface area contributed by atoms with Crippen molar-refractivity contribution in [1.82, 2.24) is 14.6 Å². The fourth-order valence-corrected chi connectivity index (χ4v) is 3.25. The molecule has 0 N–H and O–H groups in total. The van der Waals surface area contributed by atoms with Crippen LogP contribution in [0, 0.1) is 0 Å². The average molecular weight is 333 g/mol. The van der Waals surface area contributed by atoms with Gasteiger partial charge in [0, 0.05) is 5.56 Å². The molecule has 8 heteroatoms. The standard InChI is InChI=1S/C11H4Cl3N3OS/c12-6-3-1-2-5(8(6)13)10-16-17-7(4-18)9(14)15-11(17)19-10/h1-4H. The van der Waals surface area contributed by atoms with E-state index in [2.05, 4.69) is 10.1 Å². The van der Waals surface area contributed by atoms with E-state index in [0.717, 1.165) is 0 Å². The number of aromatic nitrogens is 3. The van der Waals surface area contributed by atoms with Gasteiger partial charge in [-0.25, -0.2) is 4.98 Å². The molecule has 0 saturated carbocycles. The van der Waals surface area contributed by atoms with Gasteiger partial charge in [0.2, 0.25) is 4.96 Å². The van der Waals surface area contributed by atoms with Crippen LogP contribution in [0.1, 0.15) is 10.5 Å². The highest BCUT2D eigenvalue weighted by Gasteiger charge is 2.17. The first-order valence-corrected chi connectivity index (χ1v) is 7.01. The number of nitrogens with zero attached hydrogens (tertiary/aromatic N) is 3. The van der Waals surface area contributed by atoms with Gasteiger partial charge < -0.3 is 0 Å². The predicted octanol–water partition coefficient (Wildman–Crippen LogP) is 4.23. The van der Waals surface area contributed by atoms with Crippen LogP contribution in [-0.4, -0.2) is 20.9 Å². The SMILES string of the molecule is O=Cc1c(Cl)nc2sc(-c3cccc(Cl)c3Cl)nn12. The summed E-state index contributed by atoms with van der Waals surface area (Å²) in [7, 11) is 0. The summed E-state index contributed by atoms with van der Waals surface area (Å²) in [5.41, 5.74) is 0.912. The summed E-state index contributed by atoms with van der Waals surface area (Å²) >= 11 is 19.2. The van der Waals surface area contributed by atoms with E-state index in [1.54, 1.807) is 18.2 Å². The molecule has 0 radical (unpaired) electrons. The number of hydrogen-bond donors (Lipinski definition) is 0. The molecule has 0 bridgehead atoms. The minimum atomic E-state index is 0.137. The van der Waals surface area contributed by atoms with Crippen molar-refractivity contribution >= 4 is 57.4 Å². The van der Waals surface area contributed by atoms with E-state index in [1.165, 1.54) is 15.9 Å². The molecule has 0 fully saturated rings. The lowest BCUT2D eigenvalue weighted by molar-refractivity contribution is 0.111. The van der Waals surface area contributed by atoms with Crippen molar-refractivity contribution in [2.45, 2.75) is 0 Å². The third kappa shape index (κ3) is 2.03. The van der Waals surface area contributed by atoms with Crippen molar-refractivity contribution in [3.63, 3.8) is 0 Å². The quantitative estimate of drug-likeness (QED) is 0.660. The number of benzene rings is 1. The number of fused-ring (bicyclic) bond motifs is 1. The average Bonchev–Trinajstić information content (AvgIpc) is 2.89. The van der Waals surface area contributed by atoms with E-state index in [9.17, 15) is 4.79 Å². The summed E-state index contributed by atoms with van der Waals surface area (Å²) in [6, 6.07) is 5.27. The van der Waals surface area contributed by atoms with Crippen molar-refractivity contribution in [1.29, 1.82) is 0 Å². The second-order valence-electron chi connectivity index (χ2n) is 3.61. The second-order valence-corrected chi connectivity index (χ2v) is 5.71. The topological polar surface area (TPSA) is 47.3 Å². The summed E-state index contributed by atoms with van der Waals surface area (Å²) in [6.45, 7) is 0. The second kappa shape index (κ2) is 4.76. The fourth-order valence-electron chi connectivity index (χ4n) is 1.62. The van der Waals surface area contributed by atoms with Crippen LogP contribution in [0.15, 0.2) is 18.2 Å². The smallest absolute Gasteiger partial charge is 0.214 e. The van der Waals surface area contributed by atoms with Gasteiger partial charge in [0.15, 0.2) is 11.4 Å². The van der Waals surface area contributed by atoms with Crippen LogP contribution < -0.4 is 0 Å². The van der Waals surface area contributed by atoms with Crippen molar-refractivity contribution in [3.8, 4) is 10.6 Å². The van der Waals surface area contributed by atoms with Crippen LogP contribution >= 0.6 is 46.1 Å². The van der Waals surface area contributed by atoms with Gasteiger partial charge in [-0.05, 0) is 6.07 Å². The fraction of sp³-hybridized carbons (Fsp3) is 0. The molecule has 19 heavy (non-hydrogen) atoms. The molecule has 0 amide bonds. The van der Waals surface area contributed by atoms with E-state index >= 15 is 0 Å². The molecular formula is C11H4Cl3N3OS.